The van der Waals surface area contributed by atoms with E-state index in [4.69, 9.17) is 9.47 Å². The lowest BCUT2D eigenvalue weighted by atomic mass is 9.94. The van der Waals surface area contributed by atoms with Gasteiger partial charge in [-0.05, 0) is 54.4 Å². The Balaban J connectivity index is 1.10. The fourth-order valence-electron chi connectivity index (χ4n) is 5.23. The Bertz CT molecular complexity index is 1100. The Morgan fingerprint density at radius 3 is 2.29 bits per heavy atom. The molecule has 5 rings (SSSR count). The molecule has 184 valence electrons. The van der Waals surface area contributed by atoms with E-state index in [1.807, 2.05) is 24.3 Å². The third-order valence-corrected chi connectivity index (χ3v) is 7.49. The summed E-state index contributed by atoms with van der Waals surface area (Å²) in [5.74, 6) is -1.82. The van der Waals surface area contributed by atoms with Crippen molar-refractivity contribution in [2.24, 2.45) is 11.8 Å². The van der Waals surface area contributed by atoms with Crippen molar-refractivity contribution in [2.75, 3.05) is 19.8 Å². The zero-order chi connectivity index (χ0) is 24.6. The number of fused-ring (bicyclic) bond motifs is 3. The Kier molecular flexibility index (Phi) is 6.23. The fourth-order valence-corrected chi connectivity index (χ4v) is 5.23. The van der Waals surface area contributed by atoms with Crippen molar-refractivity contribution in [3.05, 3.63) is 59.7 Å². The van der Waals surface area contributed by atoms with Crippen LogP contribution in [0, 0.1) is 11.8 Å². The second-order valence-corrected chi connectivity index (χ2v) is 9.87. The molecular weight excluding hydrogens is 448 g/mol. The van der Waals surface area contributed by atoms with E-state index in [1.54, 1.807) is 6.92 Å². The number of carboxylic acids is 1. The second-order valence-electron chi connectivity index (χ2n) is 9.87. The van der Waals surface area contributed by atoms with E-state index in [0.717, 1.165) is 24.0 Å². The first-order valence-electron chi connectivity index (χ1n) is 12.1. The van der Waals surface area contributed by atoms with Gasteiger partial charge in [0.15, 0.2) is 0 Å². The second kappa shape index (κ2) is 9.34. The van der Waals surface area contributed by atoms with Crippen LogP contribution < -0.4 is 10.6 Å². The summed E-state index contributed by atoms with van der Waals surface area (Å²) in [5, 5.41) is 15.0. The molecule has 3 aliphatic rings. The summed E-state index contributed by atoms with van der Waals surface area (Å²) in [4.78, 5) is 36.8. The van der Waals surface area contributed by atoms with Crippen LogP contribution in [0.3, 0.4) is 0 Å². The molecule has 1 saturated heterocycles. The first-order chi connectivity index (χ1) is 16.9. The normalized spacial score (nSPS) is 22.5. The van der Waals surface area contributed by atoms with Crippen LogP contribution in [0.4, 0.5) is 4.79 Å². The number of hydrogen-bond acceptors (Lipinski definition) is 5. The number of hydrogen-bond donors (Lipinski definition) is 3. The van der Waals surface area contributed by atoms with Gasteiger partial charge in [-0.3, -0.25) is 4.79 Å². The third kappa shape index (κ3) is 4.62. The van der Waals surface area contributed by atoms with Crippen LogP contribution in [0.15, 0.2) is 48.5 Å². The summed E-state index contributed by atoms with van der Waals surface area (Å²) < 4.78 is 11.2. The van der Waals surface area contributed by atoms with Crippen molar-refractivity contribution in [1.29, 1.82) is 0 Å². The molecule has 0 bridgehead atoms. The van der Waals surface area contributed by atoms with Crippen molar-refractivity contribution < 1.29 is 29.0 Å². The SMILES string of the molecule is CC(NC(=O)[C@@H]1CO[C@H](CNC(=O)OCC2c3ccccc3-c3ccccc32)C1)(C(=O)O)C1CC1. The van der Waals surface area contributed by atoms with Crippen LogP contribution in [0.25, 0.3) is 11.1 Å². The van der Waals surface area contributed by atoms with E-state index in [1.165, 1.54) is 11.1 Å². The molecule has 3 atom stereocenters. The van der Waals surface area contributed by atoms with Crippen LogP contribution in [0.1, 0.15) is 43.2 Å². The molecule has 2 aromatic rings. The number of carboxylic acid groups (broad SMARTS) is 1. The van der Waals surface area contributed by atoms with E-state index in [-0.39, 0.29) is 43.6 Å². The summed E-state index contributed by atoms with van der Waals surface area (Å²) in [5.41, 5.74) is 3.39. The maximum atomic E-state index is 12.7. The van der Waals surface area contributed by atoms with Crippen LogP contribution in [-0.4, -0.2) is 54.5 Å². The highest BCUT2D eigenvalue weighted by molar-refractivity contribution is 5.88. The van der Waals surface area contributed by atoms with Crippen molar-refractivity contribution in [2.45, 2.75) is 43.7 Å². The van der Waals surface area contributed by atoms with Gasteiger partial charge < -0.3 is 25.2 Å². The number of carbonyl (C=O) groups is 3. The van der Waals surface area contributed by atoms with Gasteiger partial charge in [0.2, 0.25) is 5.91 Å². The summed E-state index contributed by atoms with van der Waals surface area (Å²) >= 11 is 0. The number of nitrogens with one attached hydrogen (secondary N) is 2. The Labute approximate surface area is 204 Å². The molecule has 2 amide bonds. The smallest absolute Gasteiger partial charge is 0.407 e. The van der Waals surface area contributed by atoms with Crippen molar-refractivity contribution in [1.82, 2.24) is 10.6 Å². The maximum Gasteiger partial charge on any atom is 0.407 e. The molecule has 0 radical (unpaired) electrons. The lowest BCUT2D eigenvalue weighted by Gasteiger charge is -2.27. The zero-order valence-electron chi connectivity index (χ0n) is 19.7. The van der Waals surface area contributed by atoms with E-state index < -0.39 is 23.5 Å². The minimum absolute atomic E-state index is 0.0148. The zero-order valence-corrected chi connectivity index (χ0v) is 19.7. The highest BCUT2D eigenvalue weighted by Crippen LogP contribution is 2.44. The summed E-state index contributed by atoms with van der Waals surface area (Å²) in [7, 11) is 0. The van der Waals surface area contributed by atoms with Gasteiger partial charge in [-0.25, -0.2) is 9.59 Å². The number of alkyl carbamates (subject to hydrolysis) is 1. The van der Waals surface area contributed by atoms with Gasteiger partial charge in [-0.15, -0.1) is 0 Å². The quantitative estimate of drug-likeness (QED) is 0.537. The number of benzene rings is 2. The number of aliphatic carboxylic acids is 1. The fraction of sp³-hybridized carbons (Fsp3) is 0.444. The first-order valence-corrected chi connectivity index (χ1v) is 12.1. The molecule has 2 aliphatic carbocycles. The highest BCUT2D eigenvalue weighted by atomic mass is 16.5. The van der Waals surface area contributed by atoms with Crippen LogP contribution in [-0.2, 0) is 19.1 Å². The van der Waals surface area contributed by atoms with E-state index in [0.29, 0.717) is 6.42 Å². The van der Waals surface area contributed by atoms with Gasteiger partial charge >= 0.3 is 12.1 Å². The molecule has 1 aliphatic heterocycles. The van der Waals surface area contributed by atoms with Gasteiger partial charge in [0.05, 0.1) is 18.6 Å². The Morgan fingerprint density at radius 1 is 1.06 bits per heavy atom. The topological polar surface area (TPSA) is 114 Å². The number of rotatable bonds is 8. The van der Waals surface area contributed by atoms with Gasteiger partial charge in [-0.1, -0.05) is 48.5 Å². The minimum atomic E-state index is -1.24. The van der Waals surface area contributed by atoms with E-state index in [2.05, 4.69) is 34.9 Å². The summed E-state index contributed by atoms with van der Waals surface area (Å²) in [6, 6.07) is 16.3. The Hall–Kier alpha value is -3.39. The lowest BCUT2D eigenvalue weighted by Crippen LogP contribution is -2.55. The minimum Gasteiger partial charge on any atom is -0.480 e. The molecule has 35 heavy (non-hydrogen) atoms. The molecule has 1 heterocycles. The Morgan fingerprint density at radius 2 is 1.69 bits per heavy atom. The largest absolute Gasteiger partial charge is 0.480 e. The number of amides is 2. The molecule has 2 fully saturated rings. The molecule has 8 nitrogen and oxygen atoms in total. The van der Waals surface area contributed by atoms with Crippen LogP contribution in [0.2, 0.25) is 0 Å². The summed E-state index contributed by atoms with van der Waals surface area (Å²) in [6.07, 6.45) is 1.16. The molecule has 3 N–H and O–H groups in total. The summed E-state index contributed by atoms with van der Waals surface area (Å²) in [6.45, 7) is 2.21. The number of carbonyl (C=O) groups excluding carboxylic acids is 2. The molecule has 8 heteroatoms. The van der Waals surface area contributed by atoms with Gasteiger partial charge in [0.25, 0.3) is 0 Å². The van der Waals surface area contributed by atoms with Crippen LogP contribution in [0.5, 0.6) is 0 Å². The average Bonchev–Trinajstić information content (AvgIpc) is 3.53. The van der Waals surface area contributed by atoms with Crippen molar-refractivity contribution >= 4 is 18.0 Å². The lowest BCUT2D eigenvalue weighted by molar-refractivity contribution is -0.148. The molecule has 1 unspecified atom stereocenters. The average molecular weight is 479 g/mol. The monoisotopic (exact) mass is 478 g/mol. The number of ether oxygens (including phenoxy) is 2. The highest BCUT2D eigenvalue weighted by Gasteiger charge is 2.49. The predicted octanol–water partition coefficient (Wildman–Crippen LogP) is 3.30. The predicted molar refractivity (Wildman–Crippen MR) is 128 cm³/mol. The molecule has 2 aromatic carbocycles. The van der Waals surface area contributed by atoms with E-state index >= 15 is 0 Å². The van der Waals surface area contributed by atoms with Crippen molar-refractivity contribution in [3.63, 3.8) is 0 Å². The molecule has 0 aromatic heterocycles. The first kappa shape index (κ1) is 23.4. The standard InChI is InChI=1S/C27H30N2O6/c1-27(25(31)32,17-10-11-17)29-24(30)16-12-18(34-14-16)13-28-26(33)35-15-23-21-8-4-2-6-19(21)20-7-3-5-9-22(20)23/h2-9,16-18,23H,10-15H2,1H3,(H,28,33)(H,29,30)(H,31,32)/t16-,18-,27?/m0/s1. The van der Waals surface area contributed by atoms with E-state index in [9.17, 15) is 19.5 Å². The van der Waals surface area contributed by atoms with Gasteiger partial charge in [0, 0.05) is 12.5 Å². The van der Waals surface area contributed by atoms with Crippen molar-refractivity contribution in [3.8, 4) is 11.1 Å². The third-order valence-electron chi connectivity index (χ3n) is 7.49. The van der Waals surface area contributed by atoms with Gasteiger partial charge in [0.1, 0.15) is 12.1 Å². The molecule has 0 spiro atoms. The molecule has 1 saturated carbocycles. The van der Waals surface area contributed by atoms with Gasteiger partial charge in [-0.2, -0.15) is 0 Å². The maximum absolute atomic E-state index is 12.7. The van der Waals surface area contributed by atoms with Crippen LogP contribution >= 0.6 is 0 Å². The molecular formula is C27H30N2O6.